The van der Waals surface area contributed by atoms with Crippen LogP contribution < -0.4 is 5.32 Å². The highest BCUT2D eigenvalue weighted by atomic mass is 16.6. The lowest BCUT2D eigenvalue weighted by Crippen LogP contribution is -2.35. The van der Waals surface area contributed by atoms with E-state index in [0.29, 0.717) is 18.8 Å². The van der Waals surface area contributed by atoms with E-state index in [2.05, 4.69) is 5.32 Å². The van der Waals surface area contributed by atoms with Crippen molar-refractivity contribution in [2.75, 3.05) is 25.0 Å². The molecular weight excluding hydrogens is 246 g/mol. The monoisotopic (exact) mass is 265 g/mol. The quantitative estimate of drug-likeness (QED) is 0.632. The van der Waals surface area contributed by atoms with Crippen LogP contribution in [0.2, 0.25) is 0 Å². The fraction of sp³-hybridized carbons (Fsp3) is 0.462. The summed E-state index contributed by atoms with van der Waals surface area (Å²) in [6.45, 7) is 7.13. The number of rotatable bonds is 6. The van der Waals surface area contributed by atoms with Crippen LogP contribution in [-0.2, 0) is 4.79 Å². The van der Waals surface area contributed by atoms with Crippen LogP contribution in [0.5, 0.6) is 0 Å². The summed E-state index contributed by atoms with van der Waals surface area (Å²) in [4.78, 5) is 23.8. The molecule has 0 spiro atoms. The highest BCUT2D eigenvalue weighted by molar-refractivity contribution is 5.81. The molecule has 0 aromatic heterocycles. The zero-order valence-electron chi connectivity index (χ0n) is 11.5. The molecular formula is C13H19N3O3. The lowest BCUT2D eigenvalue weighted by Gasteiger charge is -2.19. The van der Waals surface area contributed by atoms with Gasteiger partial charge in [-0.15, -0.1) is 0 Å². The molecule has 0 fully saturated rings. The number of nitrogens with one attached hydrogen (secondary N) is 1. The first-order chi connectivity index (χ1) is 8.99. The van der Waals surface area contributed by atoms with E-state index in [0.717, 1.165) is 5.56 Å². The van der Waals surface area contributed by atoms with Crippen molar-refractivity contribution in [3.8, 4) is 0 Å². The first-order valence-electron chi connectivity index (χ1n) is 6.26. The lowest BCUT2D eigenvalue weighted by atomic mass is 10.2. The number of anilines is 1. The summed E-state index contributed by atoms with van der Waals surface area (Å²) < 4.78 is 0. The van der Waals surface area contributed by atoms with Crippen LogP contribution in [0.15, 0.2) is 18.2 Å². The van der Waals surface area contributed by atoms with Gasteiger partial charge in [-0.2, -0.15) is 0 Å². The molecule has 0 aliphatic rings. The predicted octanol–water partition coefficient (Wildman–Crippen LogP) is 2.18. The lowest BCUT2D eigenvalue weighted by molar-refractivity contribution is -0.384. The molecule has 0 radical (unpaired) electrons. The maximum absolute atomic E-state index is 11.8. The number of hydrogen-bond acceptors (Lipinski definition) is 4. The van der Waals surface area contributed by atoms with Crippen LogP contribution >= 0.6 is 0 Å². The van der Waals surface area contributed by atoms with Crippen molar-refractivity contribution in [1.29, 1.82) is 0 Å². The zero-order chi connectivity index (χ0) is 14.4. The third-order valence-corrected chi connectivity index (χ3v) is 2.98. The van der Waals surface area contributed by atoms with E-state index >= 15 is 0 Å². The molecule has 0 saturated heterocycles. The van der Waals surface area contributed by atoms with E-state index in [9.17, 15) is 14.9 Å². The minimum atomic E-state index is -0.448. The Bertz CT molecular complexity index is 470. The Morgan fingerprint density at radius 1 is 1.37 bits per heavy atom. The van der Waals surface area contributed by atoms with Crippen LogP contribution in [0, 0.1) is 17.0 Å². The normalized spacial score (nSPS) is 10.1. The molecule has 104 valence electrons. The fourth-order valence-electron chi connectivity index (χ4n) is 1.77. The molecule has 1 aromatic rings. The van der Waals surface area contributed by atoms with Gasteiger partial charge in [0.05, 0.1) is 11.5 Å². The summed E-state index contributed by atoms with van der Waals surface area (Å²) in [5.41, 5.74) is 1.51. The molecule has 0 unspecified atom stereocenters. The average Bonchev–Trinajstić information content (AvgIpc) is 2.38. The molecule has 1 rings (SSSR count). The molecule has 6 nitrogen and oxygen atoms in total. The molecule has 0 saturated carbocycles. The number of nitro groups is 1. The third kappa shape index (κ3) is 3.94. The van der Waals surface area contributed by atoms with Crippen molar-refractivity contribution in [3.05, 3.63) is 33.9 Å². The molecule has 1 N–H and O–H groups in total. The summed E-state index contributed by atoms with van der Waals surface area (Å²) in [5.74, 6) is -0.0177. The van der Waals surface area contributed by atoms with Gasteiger partial charge in [0.15, 0.2) is 0 Å². The van der Waals surface area contributed by atoms with E-state index in [1.165, 1.54) is 12.1 Å². The minimum Gasteiger partial charge on any atom is -0.376 e. The molecule has 6 heteroatoms. The minimum absolute atomic E-state index is 0.0170. The maximum atomic E-state index is 11.8. The molecule has 0 aliphatic carbocycles. The number of likely N-dealkylation sites (N-methyl/N-ethyl adjacent to an activating group) is 1. The van der Waals surface area contributed by atoms with Crippen LogP contribution in [0.25, 0.3) is 0 Å². The van der Waals surface area contributed by atoms with Gasteiger partial charge < -0.3 is 10.2 Å². The number of amides is 1. The Labute approximate surface area is 112 Å². The van der Waals surface area contributed by atoms with Gasteiger partial charge in [-0.05, 0) is 26.3 Å². The average molecular weight is 265 g/mol. The standard InChI is InChI=1S/C13H19N3O3/c1-4-15(5-2)13(17)9-14-12-8-11(16(18)19)7-6-10(12)3/h6-8,14H,4-5,9H2,1-3H3. The Morgan fingerprint density at radius 2 is 2.00 bits per heavy atom. The second kappa shape index (κ2) is 6.72. The van der Waals surface area contributed by atoms with Crippen LogP contribution in [0.4, 0.5) is 11.4 Å². The maximum Gasteiger partial charge on any atom is 0.271 e. The van der Waals surface area contributed by atoms with Crippen LogP contribution in [0.3, 0.4) is 0 Å². The molecule has 0 aliphatic heterocycles. The highest BCUT2D eigenvalue weighted by Gasteiger charge is 2.12. The summed E-state index contributed by atoms with van der Waals surface area (Å²) in [6, 6.07) is 4.57. The van der Waals surface area contributed by atoms with E-state index < -0.39 is 4.92 Å². The fourth-order valence-corrected chi connectivity index (χ4v) is 1.77. The van der Waals surface area contributed by atoms with Gasteiger partial charge in [-0.1, -0.05) is 6.07 Å². The van der Waals surface area contributed by atoms with Crippen molar-refractivity contribution >= 4 is 17.3 Å². The molecule has 0 heterocycles. The van der Waals surface area contributed by atoms with Crippen LogP contribution in [-0.4, -0.2) is 35.4 Å². The van der Waals surface area contributed by atoms with Crippen molar-refractivity contribution in [2.24, 2.45) is 0 Å². The first kappa shape index (κ1) is 14.9. The summed E-state index contributed by atoms with van der Waals surface area (Å²) >= 11 is 0. The number of hydrogen-bond donors (Lipinski definition) is 1. The molecule has 0 atom stereocenters. The topological polar surface area (TPSA) is 75.5 Å². The largest absolute Gasteiger partial charge is 0.376 e. The summed E-state index contributed by atoms with van der Waals surface area (Å²) in [6.07, 6.45) is 0. The van der Waals surface area contributed by atoms with Gasteiger partial charge in [0.1, 0.15) is 0 Å². The number of nitrogens with zero attached hydrogens (tertiary/aromatic N) is 2. The second-order valence-electron chi connectivity index (χ2n) is 4.18. The molecule has 1 aromatic carbocycles. The summed E-state index contributed by atoms with van der Waals surface area (Å²) in [7, 11) is 0. The number of benzene rings is 1. The predicted molar refractivity (Wildman–Crippen MR) is 74.3 cm³/mol. The van der Waals surface area contributed by atoms with Crippen molar-refractivity contribution < 1.29 is 9.72 Å². The Kier molecular flexibility index (Phi) is 5.29. The van der Waals surface area contributed by atoms with E-state index in [1.54, 1.807) is 11.0 Å². The molecule has 0 bridgehead atoms. The highest BCUT2D eigenvalue weighted by Crippen LogP contribution is 2.21. The van der Waals surface area contributed by atoms with Gasteiger partial charge in [-0.25, -0.2) is 0 Å². The number of nitro benzene ring substituents is 1. The number of carbonyl (C=O) groups excluding carboxylic acids is 1. The van der Waals surface area contributed by atoms with Crippen molar-refractivity contribution in [3.63, 3.8) is 0 Å². The number of non-ortho nitro benzene ring substituents is 1. The molecule has 1 amide bonds. The van der Waals surface area contributed by atoms with Gasteiger partial charge >= 0.3 is 0 Å². The van der Waals surface area contributed by atoms with E-state index in [-0.39, 0.29) is 18.1 Å². The second-order valence-corrected chi connectivity index (χ2v) is 4.18. The number of aryl methyl sites for hydroxylation is 1. The van der Waals surface area contributed by atoms with Gasteiger partial charge in [0.2, 0.25) is 5.91 Å². The zero-order valence-corrected chi connectivity index (χ0v) is 11.5. The molecule has 19 heavy (non-hydrogen) atoms. The third-order valence-electron chi connectivity index (χ3n) is 2.98. The van der Waals surface area contributed by atoms with Gasteiger partial charge in [0, 0.05) is 30.9 Å². The van der Waals surface area contributed by atoms with Gasteiger partial charge in [0.25, 0.3) is 5.69 Å². The Morgan fingerprint density at radius 3 is 2.53 bits per heavy atom. The van der Waals surface area contributed by atoms with Gasteiger partial charge in [-0.3, -0.25) is 14.9 Å². The SMILES string of the molecule is CCN(CC)C(=O)CNc1cc([N+](=O)[O-])ccc1C. The number of carbonyl (C=O) groups is 1. The van der Waals surface area contributed by atoms with Crippen molar-refractivity contribution in [1.82, 2.24) is 4.90 Å². The van der Waals surface area contributed by atoms with Crippen LogP contribution in [0.1, 0.15) is 19.4 Å². The first-order valence-corrected chi connectivity index (χ1v) is 6.26. The summed E-state index contributed by atoms with van der Waals surface area (Å²) in [5, 5.41) is 13.7. The van der Waals surface area contributed by atoms with E-state index in [1.807, 2.05) is 20.8 Å². The Hall–Kier alpha value is -2.11. The van der Waals surface area contributed by atoms with E-state index in [4.69, 9.17) is 0 Å². The smallest absolute Gasteiger partial charge is 0.271 e. The van der Waals surface area contributed by atoms with Crippen molar-refractivity contribution in [2.45, 2.75) is 20.8 Å². The Balaban J connectivity index is 2.74.